The van der Waals surface area contributed by atoms with Gasteiger partial charge in [0, 0.05) is 105 Å². The highest BCUT2D eigenvalue weighted by Gasteiger charge is 2.26. The molecule has 31 heteroatoms. The molecule has 0 radical (unpaired) electrons. The Bertz CT molecular complexity index is 4190. The molecule has 0 fully saturated rings. The molecule has 6 aliphatic rings. The van der Waals surface area contributed by atoms with Crippen LogP contribution < -0.4 is 33.2 Å². The van der Waals surface area contributed by atoms with Gasteiger partial charge in [0.15, 0.2) is 0 Å². The molecule has 0 unspecified atom stereocenters. The first-order valence-corrected chi connectivity index (χ1v) is 33.6. The SMILES string of the molecule is CN1CC=C(C(=O)O)CC1.CN1CC=C(C(N)=O)CC1.COC(=O)c1ccc(C(=O)OC(C)(C)C)cc1.NC(=O)C1=CCN(C(=O)Cc2nnc(-c3cnc(NC4Cc5ccccc5C4)nc3)o2)CC1.NC(=O)C1=CCNCC1.O=C(O)Cc1nnc(-c2cnc(NC3Cc4ccccc4C3)nc2)o1. The quantitative estimate of drug-likeness (QED) is 0.0596. The monoisotopic (exact) mass is 1430 g/mol. The number of fused-ring (bicyclic) bond motifs is 2. The van der Waals surface area contributed by atoms with E-state index in [2.05, 4.69) is 119 Å². The number of benzene rings is 3. The van der Waals surface area contributed by atoms with Gasteiger partial charge in [-0.1, -0.05) is 72.8 Å². The summed E-state index contributed by atoms with van der Waals surface area (Å²) in [7, 11) is 5.31. The molecule has 548 valence electrons. The first-order chi connectivity index (χ1) is 49.7. The zero-order valence-corrected chi connectivity index (χ0v) is 58.9. The molecule has 13 rings (SSSR count). The number of likely N-dealkylation sites (N-methyl/N-ethyl adjacent to an activating group) is 2. The van der Waals surface area contributed by atoms with Gasteiger partial charge in [-0.3, -0.25) is 24.0 Å². The predicted octanol–water partition coefficient (Wildman–Crippen LogP) is 4.91. The van der Waals surface area contributed by atoms with Gasteiger partial charge in [-0.05, 0) is 139 Å². The highest BCUT2D eigenvalue weighted by Crippen LogP contribution is 2.27. The molecule has 4 amide bonds. The number of hydrogen-bond acceptors (Lipinski definition) is 25. The molecule has 4 aliphatic heterocycles. The van der Waals surface area contributed by atoms with Gasteiger partial charge in [0.2, 0.25) is 47.3 Å². The number of ether oxygens (including phenoxy) is 2. The number of carboxylic acid groups (broad SMARTS) is 2. The lowest BCUT2D eigenvalue weighted by atomic mass is 10.1. The van der Waals surface area contributed by atoms with Gasteiger partial charge < -0.3 is 76.4 Å². The summed E-state index contributed by atoms with van der Waals surface area (Å²) in [5.74, 6) is -1.98. The molecule has 0 atom stereocenters. The highest BCUT2D eigenvalue weighted by molar-refractivity contribution is 5.94. The van der Waals surface area contributed by atoms with Gasteiger partial charge in [0.25, 0.3) is 11.8 Å². The van der Waals surface area contributed by atoms with E-state index in [1.54, 1.807) is 74.7 Å². The fourth-order valence-electron chi connectivity index (χ4n) is 11.1. The summed E-state index contributed by atoms with van der Waals surface area (Å²) >= 11 is 0. The van der Waals surface area contributed by atoms with Crippen LogP contribution in [0.3, 0.4) is 0 Å². The Hall–Kier alpha value is -11.7. The fraction of sp³-hybridized carbons (Fsp3) is 0.370. The van der Waals surface area contributed by atoms with Crippen LogP contribution in [0.4, 0.5) is 11.9 Å². The van der Waals surface area contributed by atoms with Crippen LogP contribution in [0.15, 0.2) is 153 Å². The number of rotatable bonds is 16. The number of anilines is 2. The molecule has 0 saturated heterocycles. The molecule has 2 aliphatic carbocycles. The largest absolute Gasteiger partial charge is 0.481 e. The molecule has 0 bridgehead atoms. The van der Waals surface area contributed by atoms with E-state index in [1.807, 2.05) is 26.2 Å². The molecule has 4 aromatic heterocycles. The van der Waals surface area contributed by atoms with Crippen LogP contribution in [-0.4, -0.2) is 204 Å². The number of nitrogens with one attached hydrogen (secondary N) is 3. The number of esters is 2. The van der Waals surface area contributed by atoms with Crippen molar-refractivity contribution in [1.82, 2.24) is 60.3 Å². The third-order valence-corrected chi connectivity index (χ3v) is 16.7. The number of nitrogens with zero attached hydrogens (tertiary/aromatic N) is 11. The Morgan fingerprint density at radius 2 is 0.962 bits per heavy atom. The normalized spacial score (nSPS) is 15.6. The number of carbonyl (C=O) groups excluding carboxylic acids is 6. The molecule has 3 aromatic carbocycles. The minimum atomic E-state index is -1.02. The van der Waals surface area contributed by atoms with E-state index in [9.17, 15) is 38.4 Å². The third-order valence-electron chi connectivity index (χ3n) is 16.7. The van der Waals surface area contributed by atoms with E-state index in [0.29, 0.717) is 71.2 Å². The van der Waals surface area contributed by atoms with Crippen molar-refractivity contribution in [2.45, 2.75) is 103 Å². The average Bonchev–Trinajstić information content (AvgIpc) is 1.71. The van der Waals surface area contributed by atoms with Crippen LogP contribution in [-0.2, 0) is 76.8 Å². The zero-order chi connectivity index (χ0) is 74.9. The Balaban J connectivity index is 0.000000170. The van der Waals surface area contributed by atoms with Crippen LogP contribution >= 0.6 is 0 Å². The number of carbonyl (C=O) groups is 8. The van der Waals surface area contributed by atoms with Crippen molar-refractivity contribution in [3.63, 3.8) is 0 Å². The first kappa shape index (κ1) is 78.0. The lowest BCUT2D eigenvalue weighted by Crippen LogP contribution is -2.37. The fourth-order valence-corrected chi connectivity index (χ4v) is 11.1. The zero-order valence-electron chi connectivity index (χ0n) is 58.9. The standard InChI is InChI=1S/C23H23N7O3.C17H15N5O3.C13H16O4.C7H12N2O.C7H11NO2.C6H10N2O/c24-21(32)14-5-7-30(8-6-14)20(31)11-19-28-29-22(33-19)17-12-25-23(26-13-17)27-18-9-15-3-1-2-4-16(15)10-18;23-15(24)7-14-21-22-16(25-14)12-8-18-17(19-9-12)20-13-5-10-3-1-2-4-11(10)6-13;1-13(2,3)17-12(15)10-7-5-9(6-8-10)11(14)16-4;1-9-4-2-6(3-5-9)7(8)10;1-8-4-2-6(3-5-8)7(9)10;7-6(9)5-1-3-8-4-2-5/h1-5,12-13,18H,6-11H2,(H2,24,32)(H,25,26,27);1-4,8-9,13H,5-7H2,(H,23,24)(H,18,19,20);5-8H,1-4H3;2H,3-5H2,1H3,(H2,8,10);2H,3-5H2,1H3,(H,9,10);1,8H,2-4H2,(H2,7,9). The van der Waals surface area contributed by atoms with E-state index < -0.39 is 35.4 Å². The molecule has 11 N–H and O–H groups in total. The van der Waals surface area contributed by atoms with Gasteiger partial charge in [-0.15, -0.1) is 20.4 Å². The Morgan fingerprint density at radius 3 is 1.32 bits per heavy atom. The number of hydrogen-bond donors (Lipinski definition) is 8. The number of amides is 4. The van der Waals surface area contributed by atoms with Crippen molar-refractivity contribution in [1.29, 1.82) is 0 Å². The molecule has 0 saturated carbocycles. The summed E-state index contributed by atoms with van der Waals surface area (Å²) in [6.07, 6.45) is 19.7. The van der Waals surface area contributed by atoms with Gasteiger partial charge in [0.1, 0.15) is 18.4 Å². The maximum atomic E-state index is 12.5. The summed E-state index contributed by atoms with van der Waals surface area (Å²) in [4.78, 5) is 112. The Kier molecular flexibility index (Phi) is 28.4. The van der Waals surface area contributed by atoms with Crippen LogP contribution in [0.1, 0.15) is 101 Å². The summed E-state index contributed by atoms with van der Waals surface area (Å²) in [6, 6.07) is 23.5. The topological polar surface area (TPSA) is 449 Å². The van der Waals surface area contributed by atoms with Crippen molar-refractivity contribution in [3.05, 3.63) is 189 Å². The minimum Gasteiger partial charge on any atom is -0.481 e. The minimum absolute atomic E-state index is 0.0184. The summed E-state index contributed by atoms with van der Waals surface area (Å²) in [6.45, 7) is 11.2. The summed E-state index contributed by atoms with van der Waals surface area (Å²) in [5, 5.41) is 42.6. The van der Waals surface area contributed by atoms with E-state index in [-0.39, 0.29) is 66.2 Å². The van der Waals surface area contributed by atoms with Crippen molar-refractivity contribution >= 4 is 59.4 Å². The third kappa shape index (κ3) is 24.5. The smallest absolute Gasteiger partial charge is 0.338 e. The van der Waals surface area contributed by atoms with Crippen LogP contribution in [0.25, 0.3) is 22.9 Å². The van der Waals surface area contributed by atoms with Gasteiger partial charge >= 0.3 is 23.9 Å². The van der Waals surface area contributed by atoms with Gasteiger partial charge in [-0.25, -0.2) is 34.3 Å². The second kappa shape index (κ2) is 37.8. The Morgan fingerprint density at radius 1 is 0.548 bits per heavy atom. The molecule has 31 nitrogen and oxygen atoms in total. The summed E-state index contributed by atoms with van der Waals surface area (Å²) in [5.41, 5.74) is 24.9. The molecule has 104 heavy (non-hydrogen) atoms. The number of primary amides is 3. The number of nitrogens with two attached hydrogens (primary N) is 3. The van der Waals surface area contributed by atoms with E-state index in [0.717, 1.165) is 88.9 Å². The van der Waals surface area contributed by atoms with Crippen LogP contribution in [0.2, 0.25) is 0 Å². The first-order valence-electron chi connectivity index (χ1n) is 33.6. The van der Waals surface area contributed by atoms with E-state index >= 15 is 0 Å². The van der Waals surface area contributed by atoms with Crippen molar-refractivity contribution in [2.75, 3.05) is 84.2 Å². The number of aromatic nitrogens is 8. The van der Waals surface area contributed by atoms with Crippen LogP contribution in [0, 0.1) is 0 Å². The second-order valence-corrected chi connectivity index (χ2v) is 25.8. The van der Waals surface area contributed by atoms with E-state index in [4.69, 9.17) is 41.0 Å². The number of carboxylic acids is 2. The maximum Gasteiger partial charge on any atom is 0.338 e. The lowest BCUT2D eigenvalue weighted by Gasteiger charge is -2.25. The van der Waals surface area contributed by atoms with Crippen molar-refractivity contribution in [3.8, 4) is 22.9 Å². The van der Waals surface area contributed by atoms with Crippen molar-refractivity contribution < 1.29 is 66.9 Å². The average molecular weight is 1430 g/mol. The van der Waals surface area contributed by atoms with Gasteiger partial charge in [0.05, 0.1) is 29.4 Å². The molecule has 7 aromatic rings. The summed E-state index contributed by atoms with van der Waals surface area (Å²) < 4.78 is 20.7. The lowest BCUT2D eigenvalue weighted by molar-refractivity contribution is -0.137. The van der Waals surface area contributed by atoms with E-state index in [1.165, 1.54) is 41.5 Å². The van der Waals surface area contributed by atoms with Crippen LogP contribution in [0.5, 0.6) is 0 Å². The maximum absolute atomic E-state index is 12.5. The number of aliphatic carboxylic acids is 2. The number of methoxy groups -OCH3 is 1. The molecule has 8 heterocycles. The second-order valence-electron chi connectivity index (χ2n) is 25.8. The highest BCUT2D eigenvalue weighted by atomic mass is 16.6. The molecule has 0 spiro atoms. The van der Waals surface area contributed by atoms with Gasteiger partial charge in [-0.2, -0.15) is 0 Å². The van der Waals surface area contributed by atoms with Crippen molar-refractivity contribution in [2.24, 2.45) is 17.2 Å². The Labute approximate surface area is 600 Å². The molecular formula is C73H87N17O14. The molecular weight excluding hydrogens is 1340 g/mol. The predicted molar refractivity (Wildman–Crippen MR) is 382 cm³/mol.